The predicted molar refractivity (Wildman–Crippen MR) is 91.7 cm³/mol. The van der Waals surface area contributed by atoms with E-state index in [0.29, 0.717) is 13.1 Å². The molecule has 1 saturated heterocycles. The SMILES string of the molecule is Cc1cc(C)n(CCCNC(=O)Cn2nnnc2CN2CCCC2)n1. The normalized spacial score (nSPS) is 15.0. The summed E-state index contributed by atoms with van der Waals surface area (Å²) in [6.45, 7) is 8.45. The molecule has 9 nitrogen and oxygen atoms in total. The van der Waals surface area contributed by atoms with Gasteiger partial charge in [0.1, 0.15) is 6.54 Å². The van der Waals surface area contributed by atoms with Crippen LogP contribution in [0.1, 0.15) is 36.5 Å². The van der Waals surface area contributed by atoms with Crippen molar-refractivity contribution in [3.05, 3.63) is 23.3 Å². The number of tetrazole rings is 1. The van der Waals surface area contributed by atoms with E-state index in [1.165, 1.54) is 12.8 Å². The summed E-state index contributed by atoms with van der Waals surface area (Å²) in [6.07, 6.45) is 3.28. The monoisotopic (exact) mass is 346 g/mol. The summed E-state index contributed by atoms with van der Waals surface area (Å²) in [5.74, 6) is 0.683. The van der Waals surface area contributed by atoms with Gasteiger partial charge in [-0.1, -0.05) is 0 Å². The lowest BCUT2D eigenvalue weighted by atomic mass is 10.4. The van der Waals surface area contributed by atoms with Crippen molar-refractivity contribution in [1.29, 1.82) is 0 Å². The highest BCUT2D eigenvalue weighted by Crippen LogP contribution is 2.10. The second-order valence-electron chi connectivity index (χ2n) is 6.59. The molecule has 0 atom stereocenters. The summed E-state index contributed by atoms with van der Waals surface area (Å²) in [4.78, 5) is 14.4. The number of carbonyl (C=O) groups excluding carboxylic acids is 1. The number of nitrogens with zero attached hydrogens (tertiary/aromatic N) is 7. The Labute approximate surface area is 147 Å². The summed E-state index contributed by atoms with van der Waals surface area (Å²) in [7, 11) is 0. The average Bonchev–Trinajstić information content (AvgIpc) is 3.29. The zero-order chi connectivity index (χ0) is 17.6. The highest BCUT2D eigenvalue weighted by Gasteiger charge is 2.17. The molecular weight excluding hydrogens is 320 g/mol. The minimum absolute atomic E-state index is 0.0664. The van der Waals surface area contributed by atoms with Crippen molar-refractivity contribution in [2.75, 3.05) is 19.6 Å². The van der Waals surface area contributed by atoms with Crippen LogP contribution in [-0.4, -0.2) is 60.4 Å². The molecule has 9 heteroatoms. The molecule has 136 valence electrons. The van der Waals surface area contributed by atoms with Crippen molar-refractivity contribution in [3.63, 3.8) is 0 Å². The van der Waals surface area contributed by atoms with Gasteiger partial charge in [-0.25, -0.2) is 4.68 Å². The number of hydrogen-bond donors (Lipinski definition) is 1. The first-order chi connectivity index (χ1) is 12.1. The number of aromatic nitrogens is 6. The third kappa shape index (κ3) is 4.85. The Hall–Kier alpha value is -2.29. The average molecular weight is 346 g/mol. The molecule has 1 N–H and O–H groups in total. The maximum Gasteiger partial charge on any atom is 0.241 e. The molecular formula is C16H26N8O. The Morgan fingerprint density at radius 3 is 2.76 bits per heavy atom. The zero-order valence-corrected chi connectivity index (χ0v) is 15.0. The Kier molecular flexibility index (Phi) is 5.75. The Morgan fingerprint density at radius 2 is 2.04 bits per heavy atom. The van der Waals surface area contributed by atoms with Crippen molar-refractivity contribution >= 4 is 5.91 Å². The molecule has 1 fully saturated rings. The van der Waals surface area contributed by atoms with Gasteiger partial charge in [-0.05, 0) is 62.7 Å². The Balaban J connectivity index is 1.40. The molecule has 1 aliphatic heterocycles. The smallest absolute Gasteiger partial charge is 0.241 e. The standard InChI is InChI=1S/C16H26N8O/c1-13-10-14(2)23(19-13)9-5-6-17-16(25)12-24-15(18-20-21-24)11-22-7-3-4-8-22/h10H,3-9,11-12H2,1-2H3,(H,17,25). The van der Waals surface area contributed by atoms with E-state index < -0.39 is 0 Å². The van der Waals surface area contributed by atoms with Gasteiger partial charge in [0.05, 0.1) is 12.2 Å². The van der Waals surface area contributed by atoms with Crippen molar-refractivity contribution in [2.45, 2.75) is 52.7 Å². The Bertz CT molecular complexity index is 701. The Morgan fingerprint density at radius 1 is 1.24 bits per heavy atom. The van der Waals surface area contributed by atoms with Crippen LogP contribution in [0, 0.1) is 13.8 Å². The van der Waals surface area contributed by atoms with E-state index in [4.69, 9.17) is 0 Å². The van der Waals surface area contributed by atoms with Crippen molar-refractivity contribution in [3.8, 4) is 0 Å². The summed E-state index contributed by atoms with van der Waals surface area (Å²) in [5.41, 5.74) is 2.16. The summed E-state index contributed by atoms with van der Waals surface area (Å²) < 4.78 is 3.56. The molecule has 0 aromatic carbocycles. The predicted octanol–water partition coefficient (Wildman–Crippen LogP) is 0.289. The lowest BCUT2D eigenvalue weighted by molar-refractivity contribution is -0.121. The maximum atomic E-state index is 12.1. The first kappa shape index (κ1) is 17.5. The van der Waals surface area contributed by atoms with Crippen LogP contribution in [0.15, 0.2) is 6.07 Å². The van der Waals surface area contributed by atoms with Crippen LogP contribution in [0.4, 0.5) is 0 Å². The van der Waals surface area contributed by atoms with E-state index in [9.17, 15) is 4.79 Å². The number of nitrogens with one attached hydrogen (secondary N) is 1. The summed E-state index contributed by atoms with van der Waals surface area (Å²) in [6, 6.07) is 2.05. The second-order valence-corrected chi connectivity index (χ2v) is 6.59. The minimum atomic E-state index is -0.0664. The lowest BCUT2D eigenvalue weighted by Gasteiger charge is -2.13. The van der Waals surface area contributed by atoms with Gasteiger partial charge in [0.2, 0.25) is 5.91 Å². The largest absolute Gasteiger partial charge is 0.354 e. The molecule has 2 aromatic heterocycles. The van der Waals surface area contributed by atoms with E-state index in [2.05, 4.69) is 36.9 Å². The molecule has 3 rings (SSSR count). The van der Waals surface area contributed by atoms with Crippen LogP contribution in [0.25, 0.3) is 0 Å². The fourth-order valence-corrected chi connectivity index (χ4v) is 3.15. The van der Waals surface area contributed by atoms with Crippen LogP contribution in [0.5, 0.6) is 0 Å². The zero-order valence-electron chi connectivity index (χ0n) is 15.0. The number of likely N-dealkylation sites (tertiary alicyclic amines) is 1. The fourth-order valence-electron chi connectivity index (χ4n) is 3.15. The van der Waals surface area contributed by atoms with Gasteiger partial charge >= 0.3 is 0 Å². The number of amides is 1. The summed E-state index contributed by atoms with van der Waals surface area (Å²) in [5, 5.41) is 19.0. The van der Waals surface area contributed by atoms with E-state index in [1.54, 1.807) is 4.68 Å². The van der Waals surface area contributed by atoms with Crippen molar-refractivity contribution in [1.82, 2.24) is 40.2 Å². The first-order valence-corrected chi connectivity index (χ1v) is 8.87. The second kappa shape index (κ2) is 8.19. The highest BCUT2D eigenvalue weighted by molar-refractivity contribution is 5.75. The van der Waals surface area contributed by atoms with Crippen LogP contribution >= 0.6 is 0 Å². The quantitative estimate of drug-likeness (QED) is 0.691. The van der Waals surface area contributed by atoms with Crippen LogP contribution in [0.3, 0.4) is 0 Å². The molecule has 3 heterocycles. The molecule has 2 aromatic rings. The summed E-state index contributed by atoms with van der Waals surface area (Å²) >= 11 is 0. The van der Waals surface area contributed by atoms with Gasteiger partial charge in [-0.3, -0.25) is 14.4 Å². The topological polar surface area (TPSA) is 93.8 Å². The van der Waals surface area contributed by atoms with Gasteiger partial charge in [0.15, 0.2) is 5.82 Å². The first-order valence-electron chi connectivity index (χ1n) is 8.87. The van der Waals surface area contributed by atoms with Crippen LogP contribution in [-0.2, 0) is 24.4 Å². The van der Waals surface area contributed by atoms with E-state index in [1.807, 2.05) is 18.5 Å². The van der Waals surface area contributed by atoms with Gasteiger partial charge in [-0.2, -0.15) is 5.10 Å². The van der Waals surface area contributed by atoms with E-state index in [0.717, 1.165) is 43.3 Å². The number of aryl methyl sites for hydroxylation is 3. The van der Waals surface area contributed by atoms with Gasteiger partial charge in [-0.15, -0.1) is 5.10 Å². The fraction of sp³-hybridized carbons (Fsp3) is 0.688. The van der Waals surface area contributed by atoms with Gasteiger partial charge < -0.3 is 5.32 Å². The third-order valence-corrected chi connectivity index (χ3v) is 4.44. The third-order valence-electron chi connectivity index (χ3n) is 4.44. The number of hydrogen-bond acceptors (Lipinski definition) is 6. The molecule has 0 radical (unpaired) electrons. The molecule has 25 heavy (non-hydrogen) atoms. The van der Waals surface area contributed by atoms with Gasteiger partial charge in [0.25, 0.3) is 0 Å². The molecule has 0 unspecified atom stereocenters. The molecule has 0 saturated carbocycles. The van der Waals surface area contributed by atoms with Crippen molar-refractivity contribution < 1.29 is 4.79 Å². The molecule has 0 spiro atoms. The molecule has 1 aliphatic rings. The minimum Gasteiger partial charge on any atom is -0.354 e. The van der Waals surface area contributed by atoms with Crippen LogP contribution in [0.2, 0.25) is 0 Å². The van der Waals surface area contributed by atoms with Crippen molar-refractivity contribution in [2.24, 2.45) is 0 Å². The molecule has 0 bridgehead atoms. The maximum absolute atomic E-state index is 12.1. The highest BCUT2D eigenvalue weighted by atomic mass is 16.2. The number of carbonyl (C=O) groups is 1. The molecule has 0 aliphatic carbocycles. The van der Waals surface area contributed by atoms with Gasteiger partial charge in [0, 0.05) is 18.8 Å². The number of rotatable bonds is 8. The lowest BCUT2D eigenvalue weighted by Crippen LogP contribution is -2.31. The van der Waals surface area contributed by atoms with Crippen LogP contribution < -0.4 is 5.32 Å². The molecule has 1 amide bonds. The van der Waals surface area contributed by atoms with E-state index >= 15 is 0 Å². The van der Waals surface area contributed by atoms with E-state index in [-0.39, 0.29) is 12.5 Å².